The Morgan fingerprint density at radius 2 is 2.00 bits per heavy atom. The molecule has 1 aliphatic rings. The monoisotopic (exact) mass is 317 g/mol. The smallest absolute Gasteiger partial charge is 0.252 e. The molecule has 1 saturated heterocycles. The van der Waals surface area contributed by atoms with Crippen molar-refractivity contribution in [1.82, 2.24) is 14.9 Å². The van der Waals surface area contributed by atoms with Gasteiger partial charge in [-0.1, -0.05) is 42.1 Å². The quantitative estimate of drug-likeness (QED) is 0.674. The first kappa shape index (κ1) is 15.3. The van der Waals surface area contributed by atoms with Crippen molar-refractivity contribution in [1.29, 1.82) is 0 Å². The minimum atomic E-state index is -0.109. The van der Waals surface area contributed by atoms with E-state index in [0.717, 1.165) is 49.9 Å². The first-order valence-electron chi connectivity index (χ1n) is 7.41. The number of H-pyrrole nitrogens is 1. The first-order chi connectivity index (χ1) is 10.8. The zero-order valence-corrected chi connectivity index (χ0v) is 13.1. The topological polar surface area (TPSA) is 58.2 Å². The molecule has 0 amide bonds. The van der Waals surface area contributed by atoms with Crippen LogP contribution < -0.4 is 5.56 Å². The van der Waals surface area contributed by atoms with Crippen LogP contribution in [0.2, 0.25) is 0 Å². The number of hydrogen-bond donors (Lipinski definition) is 1. The lowest BCUT2D eigenvalue weighted by atomic mass is 10.1. The van der Waals surface area contributed by atoms with E-state index in [1.807, 2.05) is 30.3 Å². The standard InChI is InChI=1S/C16H19N3O2S/c20-15-12-14(13-4-2-1-3-5-13)17-16(18-15)22-11-8-19-6-9-21-10-7-19/h1-5,12H,6-11H2,(H,17,18,20). The molecule has 0 saturated carbocycles. The number of hydrogen-bond acceptors (Lipinski definition) is 5. The molecule has 1 aliphatic heterocycles. The number of aromatic amines is 1. The maximum atomic E-state index is 11.8. The normalized spacial score (nSPS) is 15.8. The van der Waals surface area contributed by atoms with Crippen LogP contribution in [0.5, 0.6) is 0 Å². The predicted octanol–water partition coefficient (Wildman–Crippen LogP) is 1.86. The minimum absolute atomic E-state index is 0.109. The molecule has 2 heterocycles. The van der Waals surface area contributed by atoms with Gasteiger partial charge in [0.1, 0.15) is 0 Å². The summed E-state index contributed by atoms with van der Waals surface area (Å²) in [5.41, 5.74) is 1.57. The summed E-state index contributed by atoms with van der Waals surface area (Å²) >= 11 is 1.59. The van der Waals surface area contributed by atoms with Gasteiger partial charge in [-0.05, 0) is 0 Å². The van der Waals surface area contributed by atoms with Crippen molar-refractivity contribution >= 4 is 11.8 Å². The molecule has 0 atom stereocenters. The van der Waals surface area contributed by atoms with E-state index in [2.05, 4.69) is 14.9 Å². The van der Waals surface area contributed by atoms with Gasteiger partial charge in [0.15, 0.2) is 5.16 Å². The lowest BCUT2D eigenvalue weighted by Gasteiger charge is -2.26. The van der Waals surface area contributed by atoms with Crippen LogP contribution in [-0.4, -0.2) is 53.5 Å². The van der Waals surface area contributed by atoms with Gasteiger partial charge in [-0.3, -0.25) is 9.69 Å². The van der Waals surface area contributed by atoms with Crippen LogP contribution >= 0.6 is 11.8 Å². The van der Waals surface area contributed by atoms with Crippen molar-refractivity contribution in [2.45, 2.75) is 5.16 Å². The Bertz CT molecular complexity index is 654. The lowest BCUT2D eigenvalue weighted by Crippen LogP contribution is -2.37. The Labute approximate surface area is 133 Å². The van der Waals surface area contributed by atoms with Gasteiger partial charge in [0.25, 0.3) is 5.56 Å². The van der Waals surface area contributed by atoms with Crippen LogP contribution in [0.25, 0.3) is 11.3 Å². The molecule has 6 heteroatoms. The number of nitrogens with zero attached hydrogens (tertiary/aromatic N) is 2. The van der Waals surface area contributed by atoms with Gasteiger partial charge >= 0.3 is 0 Å². The van der Waals surface area contributed by atoms with Crippen molar-refractivity contribution < 1.29 is 4.74 Å². The predicted molar refractivity (Wildman–Crippen MR) is 88.3 cm³/mol. The fourth-order valence-corrected chi connectivity index (χ4v) is 3.24. The van der Waals surface area contributed by atoms with E-state index in [0.29, 0.717) is 5.16 Å². The Kier molecular flexibility index (Phi) is 5.26. The van der Waals surface area contributed by atoms with Crippen molar-refractivity contribution in [3.63, 3.8) is 0 Å². The number of thioether (sulfide) groups is 1. The summed E-state index contributed by atoms with van der Waals surface area (Å²) in [7, 11) is 0. The van der Waals surface area contributed by atoms with Gasteiger partial charge in [0, 0.05) is 37.0 Å². The molecule has 0 bridgehead atoms. The molecule has 1 N–H and O–H groups in total. The summed E-state index contributed by atoms with van der Waals surface area (Å²) in [6.45, 7) is 4.56. The molecule has 5 nitrogen and oxygen atoms in total. The van der Waals surface area contributed by atoms with Crippen LogP contribution in [0.3, 0.4) is 0 Å². The highest BCUT2D eigenvalue weighted by Crippen LogP contribution is 2.18. The lowest BCUT2D eigenvalue weighted by molar-refractivity contribution is 0.0410. The van der Waals surface area contributed by atoms with Crippen LogP contribution in [0, 0.1) is 0 Å². The Balaban J connectivity index is 1.64. The summed E-state index contributed by atoms with van der Waals surface area (Å²) in [6, 6.07) is 11.3. The number of morpholine rings is 1. The molecular weight excluding hydrogens is 298 g/mol. The average Bonchev–Trinajstić information content (AvgIpc) is 2.56. The molecule has 1 aromatic carbocycles. The van der Waals surface area contributed by atoms with Gasteiger partial charge < -0.3 is 9.72 Å². The molecule has 116 valence electrons. The largest absolute Gasteiger partial charge is 0.379 e. The Hall–Kier alpha value is -1.63. The molecule has 1 fully saturated rings. The molecule has 2 aromatic rings. The molecule has 0 aliphatic carbocycles. The molecular formula is C16H19N3O2S. The van der Waals surface area contributed by atoms with Gasteiger partial charge in [0.05, 0.1) is 18.9 Å². The van der Waals surface area contributed by atoms with Gasteiger partial charge in [-0.15, -0.1) is 0 Å². The first-order valence-corrected chi connectivity index (χ1v) is 8.39. The van der Waals surface area contributed by atoms with E-state index < -0.39 is 0 Å². The molecule has 0 spiro atoms. The van der Waals surface area contributed by atoms with Crippen molar-refractivity contribution in [3.8, 4) is 11.3 Å². The summed E-state index contributed by atoms with van der Waals surface area (Å²) in [5, 5.41) is 0.680. The summed E-state index contributed by atoms with van der Waals surface area (Å²) in [5.74, 6) is 0.904. The second-order valence-electron chi connectivity index (χ2n) is 5.10. The summed E-state index contributed by atoms with van der Waals surface area (Å²) in [4.78, 5) is 21.5. The highest BCUT2D eigenvalue weighted by atomic mass is 32.2. The van der Waals surface area contributed by atoms with E-state index in [-0.39, 0.29) is 5.56 Å². The van der Waals surface area contributed by atoms with Crippen molar-refractivity contribution in [2.75, 3.05) is 38.6 Å². The van der Waals surface area contributed by atoms with Crippen LogP contribution in [-0.2, 0) is 4.74 Å². The van der Waals surface area contributed by atoms with E-state index in [1.165, 1.54) is 0 Å². The molecule has 0 unspecified atom stereocenters. The third-order valence-corrected chi connectivity index (χ3v) is 4.39. The molecule has 3 rings (SSSR count). The Morgan fingerprint density at radius 1 is 1.23 bits per heavy atom. The Morgan fingerprint density at radius 3 is 2.77 bits per heavy atom. The highest BCUT2D eigenvalue weighted by Gasteiger charge is 2.10. The number of rotatable bonds is 5. The van der Waals surface area contributed by atoms with Gasteiger partial charge in [0.2, 0.25) is 0 Å². The average molecular weight is 317 g/mol. The number of nitrogens with one attached hydrogen (secondary N) is 1. The maximum Gasteiger partial charge on any atom is 0.252 e. The molecule has 22 heavy (non-hydrogen) atoms. The number of ether oxygens (including phenoxy) is 1. The SMILES string of the molecule is O=c1cc(-c2ccccc2)nc(SCCN2CCOCC2)[nH]1. The van der Waals surface area contributed by atoms with Crippen molar-refractivity contribution in [2.24, 2.45) is 0 Å². The van der Waals surface area contributed by atoms with Crippen LogP contribution in [0.1, 0.15) is 0 Å². The molecule has 1 aromatic heterocycles. The van der Waals surface area contributed by atoms with E-state index in [1.54, 1.807) is 17.8 Å². The third kappa shape index (κ3) is 4.19. The van der Waals surface area contributed by atoms with E-state index in [4.69, 9.17) is 4.74 Å². The maximum absolute atomic E-state index is 11.8. The fraction of sp³-hybridized carbons (Fsp3) is 0.375. The second kappa shape index (κ2) is 7.58. The van der Waals surface area contributed by atoms with Gasteiger partial charge in [-0.25, -0.2) is 4.98 Å². The van der Waals surface area contributed by atoms with Crippen LogP contribution in [0.15, 0.2) is 46.3 Å². The minimum Gasteiger partial charge on any atom is -0.379 e. The molecule has 0 radical (unpaired) electrons. The highest BCUT2D eigenvalue weighted by molar-refractivity contribution is 7.99. The number of benzene rings is 1. The second-order valence-corrected chi connectivity index (χ2v) is 6.19. The number of aromatic nitrogens is 2. The third-order valence-electron chi connectivity index (χ3n) is 3.54. The van der Waals surface area contributed by atoms with E-state index >= 15 is 0 Å². The zero-order chi connectivity index (χ0) is 15.2. The summed E-state index contributed by atoms with van der Waals surface area (Å²) in [6.07, 6.45) is 0. The van der Waals surface area contributed by atoms with E-state index in [9.17, 15) is 4.79 Å². The van der Waals surface area contributed by atoms with Gasteiger partial charge in [-0.2, -0.15) is 0 Å². The van der Waals surface area contributed by atoms with Crippen LogP contribution in [0.4, 0.5) is 0 Å². The zero-order valence-electron chi connectivity index (χ0n) is 12.3. The fourth-order valence-electron chi connectivity index (χ4n) is 2.36. The van der Waals surface area contributed by atoms with Crippen molar-refractivity contribution in [3.05, 3.63) is 46.8 Å². The summed E-state index contributed by atoms with van der Waals surface area (Å²) < 4.78 is 5.34.